The number of hydrogen-bond donors (Lipinski definition) is 3. The van der Waals surface area contributed by atoms with E-state index in [9.17, 15) is 9.00 Å². The average Bonchev–Trinajstić information content (AvgIpc) is 2.43. The highest BCUT2D eigenvalue weighted by molar-refractivity contribution is 7.78. The van der Waals surface area contributed by atoms with Crippen molar-refractivity contribution in [3.8, 4) is 0 Å². The average molecular weight is 340 g/mol. The van der Waals surface area contributed by atoms with Gasteiger partial charge >= 0.3 is 0 Å². The van der Waals surface area contributed by atoms with Crippen molar-refractivity contribution >= 4 is 28.6 Å². The number of rotatable bonds is 5. The third-order valence-corrected chi connectivity index (χ3v) is 3.82. The second-order valence-corrected chi connectivity index (χ2v) is 6.06. The van der Waals surface area contributed by atoms with Crippen molar-refractivity contribution in [1.29, 1.82) is 5.41 Å². The van der Waals surface area contributed by atoms with Crippen molar-refractivity contribution < 1.29 is 13.6 Å². The van der Waals surface area contributed by atoms with E-state index in [1.807, 2.05) is 0 Å². The van der Waals surface area contributed by atoms with Crippen LogP contribution in [0.3, 0.4) is 0 Å². The highest BCUT2D eigenvalue weighted by atomic mass is 35.5. The predicted octanol–water partition coefficient (Wildman–Crippen LogP) is 1.49. The number of nitrogens with one attached hydrogen (secondary N) is 1. The maximum absolute atomic E-state index is 11.3. The number of nitrogens with zero attached hydrogens (tertiary/aromatic N) is 1. The molecule has 8 heteroatoms. The van der Waals surface area contributed by atoms with Gasteiger partial charge in [0.15, 0.2) is 11.1 Å². The summed E-state index contributed by atoms with van der Waals surface area (Å²) in [5.41, 5.74) is 6.87. The number of hydrogen-bond acceptors (Lipinski definition) is 3. The summed E-state index contributed by atoms with van der Waals surface area (Å²) in [6, 6.07) is 8.43. The molecule has 1 heterocycles. The molecule has 1 unspecified atom stereocenters. The first-order chi connectivity index (χ1) is 10.4. The molecule has 22 heavy (non-hydrogen) atoms. The SMILES string of the molecule is N=c1c(C(N)=O)cc(Cl)cn1Cc1ccc(CS(=O)O)cc1. The van der Waals surface area contributed by atoms with Gasteiger partial charge in [0, 0.05) is 12.7 Å². The molecule has 0 aliphatic heterocycles. The summed E-state index contributed by atoms with van der Waals surface area (Å²) < 4.78 is 21.1. The Morgan fingerprint density at radius 2 is 1.91 bits per heavy atom. The number of amides is 1. The number of benzene rings is 1. The summed E-state index contributed by atoms with van der Waals surface area (Å²) in [6.07, 6.45) is 1.55. The largest absolute Gasteiger partial charge is 0.365 e. The van der Waals surface area contributed by atoms with Gasteiger partial charge in [0.05, 0.1) is 16.3 Å². The standard InChI is InChI=1S/C14H14ClN3O3S/c15-11-5-12(14(17)19)13(16)18(7-11)6-9-1-3-10(4-2-9)8-22(20)21/h1-5,7,16H,6,8H2,(H2,17,19)(H,20,21). The first-order valence-electron chi connectivity index (χ1n) is 6.26. The minimum absolute atomic E-state index is 0.0163. The van der Waals surface area contributed by atoms with E-state index in [1.54, 1.807) is 30.5 Å². The fourth-order valence-electron chi connectivity index (χ4n) is 2.00. The summed E-state index contributed by atoms with van der Waals surface area (Å²) in [5.74, 6) is -0.637. The molecule has 0 spiro atoms. The Morgan fingerprint density at radius 3 is 2.45 bits per heavy atom. The molecular formula is C14H14ClN3O3S. The normalized spacial score (nSPS) is 12.1. The lowest BCUT2D eigenvalue weighted by Gasteiger charge is -2.10. The Bertz CT molecular complexity index is 787. The highest BCUT2D eigenvalue weighted by Gasteiger charge is 2.09. The maximum atomic E-state index is 11.3. The first-order valence-corrected chi connectivity index (χ1v) is 7.92. The summed E-state index contributed by atoms with van der Waals surface area (Å²) in [7, 11) is 0. The molecule has 1 aromatic carbocycles. The number of pyridine rings is 1. The quantitative estimate of drug-likeness (QED) is 0.718. The van der Waals surface area contributed by atoms with Gasteiger partial charge in [-0.1, -0.05) is 35.9 Å². The van der Waals surface area contributed by atoms with Crippen LogP contribution >= 0.6 is 11.6 Å². The van der Waals surface area contributed by atoms with Crippen molar-refractivity contribution in [2.24, 2.45) is 5.73 Å². The maximum Gasteiger partial charge on any atom is 0.252 e. The van der Waals surface area contributed by atoms with Gasteiger partial charge in [0.2, 0.25) is 0 Å². The van der Waals surface area contributed by atoms with E-state index in [2.05, 4.69) is 0 Å². The van der Waals surface area contributed by atoms with Crippen molar-refractivity contribution in [2.75, 3.05) is 0 Å². The summed E-state index contributed by atoms with van der Waals surface area (Å²) in [5, 5.41) is 8.30. The van der Waals surface area contributed by atoms with Crippen LogP contribution in [-0.4, -0.2) is 19.2 Å². The van der Waals surface area contributed by atoms with Crippen molar-refractivity contribution in [2.45, 2.75) is 12.3 Å². The Morgan fingerprint density at radius 1 is 1.32 bits per heavy atom. The smallest absolute Gasteiger partial charge is 0.252 e. The zero-order valence-electron chi connectivity index (χ0n) is 11.5. The molecule has 0 saturated carbocycles. The number of carbonyl (C=O) groups is 1. The van der Waals surface area contributed by atoms with Crippen molar-refractivity contribution in [3.63, 3.8) is 0 Å². The van der Waals surface area contributed by atoms with Crippen LogP contribution in [0.5, 0.6) is 0 Å². The van der Waals surface area contributed by atoms with Gasteiger partial charge in [-0.05, 0) is 17.2 Å². The van der Waals surface area contributed by atoms with Crippen LogP contribution in [0.1, 0.15) is 21.5 Å². The van der Waals surface area contributed by atoms with Crippen LogP contribution in [0.25, 0.3) is 0 Å². The molecule has 1 atom stereocenters. The number of nitrogens with two attached hydrogens (primary N) is 1. The van der Waals surface area contributed by atoms with E-state index >= 15 is 0 Å². The topological polar surface area (TPSA) is 109 Å². The molecular weight excluding hydrogens is 326 g/mol. The fraction of sp³-hybridized carbons (Fsp3) is 0.143. The summed E-state index contributed by atoms with van der Waals surface area (Å²) in [6.45, 7) is 0.335. The van der Waals surface area contributed by atoms with Gasteiger partial charge in [-0.25, -0.2) is 4.21 Å². The van der Waals surface area contributed by atoms with Gasteiger partial charge in [-0.2, -0.15) is 0 Å². The van der Waals surface area contributed by atoms with E-state index in [0.717, 1.165) is 11.1 Å². The molecule has 0 bridgehead atoms. The minimum atomic E-state index is -1.88. The van der Waals surface area contributed by atoms with Crippen LogP contribution in [0.4, 0.5) is 0 Å². The molecule has 116 valence electrons. The van der Waals surface area contributed by atoms with Gasteiger partial charge < -0.3 is 14.9 Å². The third kappa shape index (κ3) is 4.03. The van der Waals surface area contributed by atoms with Crippen LogP contribution in [-0.2, 0) is 23.4 Å². The van der Waals surface area contributed by atoms with E-state index in [1.165, 1.54) is 10.6 Å². The van der Waals surface area contributed by atoms with Gasteiger partial charge in [-0.3, -0.25) is 10.2 Å². The molecule has 2 rings (SSSR count). The lowest BCUT2D eigenvalue weighted by Crippen LogP contribution is -2.29. The Balaban J connectivity index is 2.29. The van der Waals surface area contributed by atoms with Gasteiger partial charge in [-0.15, -0.1) is 0 Å². The lowest BCUT2D eigenvalue weighted by atomic mass is 10.1. The predicted molar refractivity (Wildman–Crippen MR) is 83.8 cm³/mol. The molecule has 0 aliphatic rings. The zero-order valence-corrected chi connectivity index (χ0v) is 13.0. The lowest BCUT2D eigenvalue weighted by molar-refractivity contribution is 0.0997. The van der Waals surface area contributed by atoms with Gasteiger partial charge in [0.25, 0.3) is 5.91 Å². The van der Waals surface area contributed by atoms with E-state index in [4.69, 9.17) is 27.3 Å². The molecule has 1 amide bonds. The Labute approximate surface area is 134 Å². The van der Waals surface area contributed by atoms with Crippen molar-refractivity contribution in [1.82, 2.24) is 4.57 Å². The second-order valence-electron chi connectivity index (χ2n) is 4.70. The number of carbonyl (C=O) groups excluding carboxylic acids is 1. The molecule has 0 aliphatic carbocycles. The van der Waals surface area contributed by atoms with Gasteiger partial charge in [0.1, 0.15) is 5.49 Å². The molecule has 0 radical (unpaired) electrons. The molecule has 1 aromatic heterocycles. The highest BCUT2D eigenvalue weighted by Crippen LogP contribution is 2.11. The van der Waals surface area contributed by atoms with Crippen LogP contribution in [0.15, 0.2) is 36.5 Å². The van der Waals surface area contributed by atoms with Crippen molar-refractivity contribution in [3.05, 3.63) is 63.7 Å². The Kier molecular flexibility index (Phi) is 5.12. The summed E-state index contributed by atoms with van der Waals surface area (Å²) in [4.78, 5) is 11.3. The monoisotopic (exact) mass is 339 g/mol. The van der Waals surface area contributed by atoms with E-state index < -0.39 is 17.0 Å². The summed E-state index contributed by atoms with van der Waals surface area (Å²) >= 11 is 4.06. The number of aromatic nitrogens is 1. The molecule has 0 saturated heterocycles. The minimum Gasteiger partial charge on any atom is -0.365 e. The molecule has 2 aromatic rings. The zero-order chi connectivity index (χ0) is 16.3. The molecule has 0 fully saturated rings. The fourth-order valence-corrected chi connectivity index (χ4v) is 2.71. The Hall–Kier alpha value is -1.96. The third-order valence-electron chi connectivity index (χ3n) is 3.04. The van der Waals surface area contributed by atoms with Crippen LogP contribution in [0.2, 0.25) is 5.02 Å². The molecule has 4 N–H and O–H groups in total. The number of primary amides is 1. The molecule has 6 nitrogen and oxygen atoms in total. The second kappa shape index (κ2) is 6.87. The van der Waals surface area contributed by atoms with E-state index in [-0.39, 0.29) is 16.8 Å². The van der Waals surface area contributed by atoms with Crippen LogP contribution in [0, 0.1) is 5.41 Å². The number of halogens is 1. The van der Waals surface area contributed by atoms with Crippen LogP contribution < -0.4 is 11.2 Å². The first kappa shape index (κ1) is 16.4. The van der Waals surface area contributed by atoms with E-state index in [0.29, 0.717) is 11.6 Å².